The Balaban J connectivity index is 2.21. The average molecular weight is 407 g/mol. The second-order valence-electron chi connectivity index (χ2n) is 5.89. The summed E-state index contributed by atoms with van der Waals surface area (Å²) in [5.74, 6) is -0.453. The van der Waals surface area contributed by atoms with Crippen LogP contribution in [0, 0.1) is 0 Å². The third kappa shape index (κ3) is 5.81. The highest BCUT2D eigenvalue weighted by molar-refractivity contribution is 6.46. The lowest BCUT2D eigenvalue weighted by Gasteiger charge is -2.13. The van der Waals surface area contributed by atoms with Gasteiger partial charge in [0.25, 0.3) is 5.91 Å². The van der Waals surface area contributed by atoms with Crippen molar-refractivity contribution in [2.45, 2.75) is 19.2 Å². The van der Waals surface area contributed by atoms with E-state index in [4.69, 9.17) is 9.68 Å². The van der Waals surface area contributed by atoms with Crippen LogP contribution < -0.4 is 5.32 Å². The molecule has 0 aliphatic heterocycles. The molecule has 0 aromatic heterocycles. The summed E-state index contributed by atoms with van der Waals surface area (Å²) < 4.78 is 38.6. The molecule has 29 heavy (non-hydrogen) atoms. The highest BCUT2D eigenvalue weighted by Gasteiger charge is 2.30. The van der Waals surface area contributed by atoms with E-state index in [-0.39, 0.29) is 5.71 Å². The minimum absolute atomic E-state index is 0.0444. The predicted molar refractivity (Wildman–Crippen MR) is 103 cm³/mol. The Morgan fingerprint density at radius 1 is 1.17 bits per heavy atom. The summed E-state index contributed by atoms with van der Waals surface area (Å²) in [6, 6.07) is 11.6. The van der Waals surface area contributed by atoms with E-state index in [0.29, 0.717) is 16.7 Å². The molecule has 2 aromatic rings. The maximum atomic E-state index is 12.9. The minimum atomic E-state index is -4.44. The van der Waals surface area contributed by atoms with Crippen molar-refractivity contribution in [1.29, 1.82) is 0 Å². The molecule has 0 saturated heterocycles. The second-order valence-corrected chi connectivity index (χ2v) is 5.89. The lowest BCUT2D eigenvalue weighted by Crippen LogP contribution is -2.29. The summed E-state index contributed by atoms with van der Waals surface area (Å²) in [5.41, 5.74) is 0.585. The van der Waals surface area contributed by atoms with Crippen LogP contribution in [0.15, 0.2) is 58.8 Å². The van der Waals surface area contributed by atoms with Crippen LogP contribution in [0.25, 0.3) is 0 Å². The van der Waals surface area contributed by atoms with Gasteiger partial charge in [0.15, 0.2) is 5.71 Å². The molecule has 0 aliphatic rings. The molecule has 0 heterocycles. The van der Waals surface area contributed by atoms with E-state index in [9.17, 15) is 18.0 Å². The molecule has 0 unspecified atom stereocenters. The van der Waals surface area contributed by atoms with Gasteiger partial charge in [-0.05, 0) is 24.6 Å². The summed E-state index contributed by atoms with van der Waals surface area (Å²) in [7, 11) is 2.78. The normalized spacial score (nSPS) is 13.2. The van der Waals surface area contributed by atoms with Gasteiger partial charge in [0.2, 0.25) is 0 Å². The van der Waals surface area contributed by atoms with E-state index in [2.05, 4.69) is 15.6 Å². The molecular weight excluding hydrogens is 387 g/mol. The topological polar surface area (TPSA) is 72.3 Å². The molecule has 154 valence electrons. The molecular formula is C20H20F3N3O3. The molecule has 2 rings (SSSR count). The van der Waals surface area contributed by atoms with Crippen LogP contribution in [0.1, 0.15) is 35.3 Å². The van der Waals surface area contributed by atoms with Crippen molar-refractivity contribution in [2.75, 3.05) is 14.2 Å². The number of amides is 1. The number of halogens is 3. The highest BCUT2D eigenvalue weighted by atomic mass is 19.4. The van der Waals surface area contributed by atoms with Gasteiger partial charge in [-0.2, -0.15) is 13.2 Å². The fourth-order valence-corrected chi connectivity index (χ4v) is 2.46. The maximum absolute atomic E-state index is 12.9. The Bertz CT molecular complexity index is 911. The monoisotopic (exact) mass is 407 g/mol. The molecule has 0 spiro atoms. The Labute approximate surface area is 166 Å². The van der Waals surface area contributed by atoms with Crippen molar-refractivity contribution in [1.82, 2.24) is 5.32 Å². The third-order valence-electron chi connectivity index (χ3n) is 3.93. The fraction of sp³-hybridized carbons (Fsp3) is 0.250. The average Bonchev–Trinajstić information content (AvgIpc) is 2.71. The number of carbonyl (C=O) groups excluding carboxylic acids is 1. The minimum Gasteiger partial charge on any atom is -0.398 e. The van der Waals surface area contributed by atoms with Gasteiger partial charge in [-0.3, -0.25) is 4.79 Å². The number of nitrogens with one attached hydrogen (secondary N) is 1. The quantitative estimate of drug-likeness (QED) is 0.559. The number of carbonyl (C=O) groups is 1. The van der Waals surface area contributed by atoms with E-state index >= 15 is 0 Å². The molecule has 9 heteroatoms. The first kappa shape index (κ1) is 21.9. The van der Waals surface area contributed by atoms with Crippen molar-refractivity contribution in [2.24, 2.45) is 10.3 Å². The summed E-state index contributed by atoms with van der Waals surface area (Å²) in [6.07, 6.45) is -3.80. The number of oxime groups is 2. The third-order valence-corrected chi connectivity index (χ3v) is 3.93. The van der Waals surface area contributed by atoms with Gasteiger partial charge in [-0.15, -0.1) is 0 Å². The van der Waals surface area contributed by atoms with Crippen LogP contribution in [0.2, 0.25) is 0 Å². The van der Waals surface area contributed by atoms with Crippen molar-refractivity contribution < 1.29 is 27.6 Å². The summed E-state index contributed by atoms with van der Waals surface area (Å²) in [5, 5.41) is 10.1. The molecule has 0 aliphatic carbocycles. The number of hydrogen-bond donors (Lipinski definition) is 1. The highest BCUT2D eigenvalue weighted by Crippen LogP contribution is 2.31. The van der Waals surface area contributed by atoms with Gasteiger partial charge in [0, 0.05) is 18.2 Å². The van der Waals surface area contributed by atoms with Gasteiger partial charge >= 0.3 is 6.18 Å². The number of likely N-dealkylation sites (N-methyl/N-ethyl adjacent to an activating group) is 1. The lowest BCUT2D eigenvalue weighted by molar-refractivity contribution is -0.137. The Morgan fingerprint density at radius 2 is 1.90 bits per heavy atom. The van der Waals surface area contributed by atoms with Crippen LogP contribution in [0.5, 0.6) is 0 Å². The Hall–Kier alpha value is -3.36. The molecule has 0 radical (unpaired) electrons. The second kappa shape index (κ2) is 9.72. The molecule has 6 nitrogen and oxygen atoms in total. The molecule has 2 aromatic carbocycles. The van der Waals surface area contributed by atoms with Crippen LogP contribution >= 0.6 is 0 Å². The van der Waals surface area contributed by atoms with Crippen LogP contribution in [-0.4, -0.2) is 32.0 Å². The van der Waals surface area contributed by atoms with E-state index in [0.717, 1.165) is 12.1 Å². The first-order valence-electron chi connectivity index (χ1n) is 8.57. The molecule has 1 amide bonds. The van der Waals surface area contributed by atoms with E-state index in [1.165, 1.54) is 32.5 Å². The first-order valence-corrected chi connectivity index (χ1v) is 8.57. The number of alkyl halides is 3. The first-order chi connectivity index (χ1) is 13.8. The zero-order chi connectivity index (χ0) is 21.4. The number of hydrogen-bond acceptors (Lipinski definition) is 5. The maximum Gasteiger partial charge on any atom is 0.416 e. The van der Waals surface area contributed by atoms with Gasteiger partial charge in [-0.25, -0.2) is 0 Å². The molecule has 0 saturated carbocycles. The largest absolute Gasteiger partial charge is 0.416 e. The molecule has 0 bridgehead atoms. The van der Waals surface area contributed by atoms with E-state index < -0.39 is 23.8 Å². The van der Waals surface area contributed by atoms with Crippen molar-refractivity contribution in [3.63, 3.8) is 0 Å². The number of rotatable bonds is 7. The van der Waals surface area contributed by atoms with E-state index in [1.54, 1.807) is 31.2 Å². The number of nitrogens with zero attached hydrogens (tertiary/aromatic N) is 2. The summed E-state index contributed by atoms with van der Waals surface area (Å²) in [6.45, 7) is 1.58. The SMILES string of the molecule is CNC(=O)C(=NOC)c1ccccc1C=NO[C@H](C)c1cccc(C(F)(F)F)c1. The van der Waals surface area contributed by atoms with Crippen LogP contribution in [0.4, 0.5) is 13.2 Å². The van der Waals surface area contributed by atoms with Crippen molar-refractivity contribution >= 4 is 17.8 Å². The summed E-state index contributed by atoms with van der Waals surface area (Å²) in [4.78, 5) is 22.1. The van der Waals surface area contributed by atoms with Gasteiger partial charge in [0.05, 0.1) is 11.8 Å². The van der Waals surface area contributed by atoms with Gasteiger partial charge in [-0.1, -0.05) is 46.7 Å². The molecule has 0 fully saturated rings. The molecule has 1 N–H and O–H groups in total. The molecule has 1 atom stereocenters. The summed E-state index contributed by atoms with van der Waals surface area (Å²) >= 11 is 0. The fourth-order valence-electron chi connectivity index (χ4n) is 2.46. The predicted octanol–water partition coefficient (Wildman–Crippen LogP) is 3.91. The number of benzene rings is 2. The zero-order valence-electron chi connectivity index (χ0n) is 16.0. The Morgan fingerprint density at radius 3 is 2.55 bits per heavy atom. The van der Waals surface area contributed by atoms with Gasteiger partial charge < -0.3 is 15.0 Å². The standard InChI is InChI=1S/C20H20F3N3O3/c1-13(14-8-6-9-16(11-14)20(21,22)23)29-25-12-15-7-4-5-10-17(15)18(26-28-3)19(27)24-2/h4-13H,1-3H3,(H,24,27)/t13-/m1/s1. The zero-order valence-corrected chi connectivity index (χ0v) is 16.0. The lowest BCUT2D eigenvalue weighted by atomic mass is 10.0. The smallest absolute Gasteiger partial charge is 0.398 e. The Kier molecular flexibility index (Phi) is 7.35. The van der Waals surface area contributed by atoms with Crippen molar-refractivity contribution in [3.8, 4) is 0 Å². The van der Waals surface area contributed by atoms with E-state index in [1.807, 2.05) is 0 Å². The van der Waals surface area contributed by atoms with Crippen LogP contribution in [-0.2, 0) is 20.6 Å². The van der Waals surface area contributed by atoms with Crippen molar-refractivity contribution in [3.05, 3.63) is 70.8 Å². The van der Waals surface area contributed by atoms with Gasteiger partial charge in [0.1, 0.15) is 13.2 Å². The van der Waals surface area contributed by atoms with Crippen LogP contribution in [0.3, 0.4) is 0 Å².